The summed E-state index contributed by atoms with van der Waals surface area (Å²) in [6, 6.07) is 12.7. The number of nitrogens with one attached hydrogen (secondary N) is 2. The van der Waals surface area contributed by atoms with Crippen molar-refractivity contribution in [2.45, 2.75) is 6.54 Å². The van der Waals surface area contributed by atoms with Gasteiger partial charge in [-0.15, -0.1) is 11.3 Å². The Morgan fingerprint density at radius 1 is 1.13 bits per heavy atom. The zero-order valence-electron chi connectivity index (χ0n) is 12.0. The van der Waals surface area contributed by atoms with Crippen LogP contribution in [0, 0.1) is 0 Å². The lowest BCUT2D eigenvalue weighted by Crippen LogP contribution is -2.15. The lowest BCUT2D eigenvalue weighted by molar-refractivity contribution is 0.102. The summed E-state index contributed by atoms with van der Waals surface area (Å²) in [6.07, 6.45) is 3.35. The van der Waals surface area contributed by atoms with E-state index in [2.05, 4.69) is 20.6 Å². The number of rotatable bonds is 5. The topological polar surface area (TPSA) is 66.9 Å². The van der Waals surface area contributed by atoms with Crippen LogP contribution in [0.15, 0.2) is 54.9 Å². The van der Waals surface area contributed by atoms with Gasteiger partial charge < -0.3 is 10.6 Å². The zero-order valence-corrected chi connectivity index (χ0v) is 13.6. The Bertz CT molecular complexity index is 807. The van der Waals surface area contributed by atoms with E-state index in [1.54, 1.807) is 30.6 Å². The summed E-state index contributed by atoms with van der Waals surface area (Å²) in [5, 5.41) is 6.02. The van der Waals surface area contributed by atoms with Crippen molar-refractivity contribution < 1.29 is 4.79 Å². The number of anilines is 2. The van der Waals surface area contributed by atoms with Crippen LogP contribution in [0.5, 0.6) is 0 Å². The number of halogens is 1. The highest BCUT2D eigenvalue weighted by Gasteiger charge is 2.11. The van der Waals surface area contributed by atoms with E-state index in [4.69, 9.17) is 11.6 Å². The Labute approximate surface area is 142 Å². The third-order valence-electron chi connectivity index (χ3n) is 3.06. The van der Waals surface area contributed by atoms with Gasteiger partial charge in [-0.2, -0.15) is 0 Å². The molecule has 0 saturated heterocycles. The SMILES string of the molecule is O=C(Nc1ccccn1)c1ccccc1NCc1cnc(Cl)s1. The molecule has 1 aromatic carbocycles. The van der Waals surface area contributed by atoms with Gasteiger partial charge in [0.05, 0.1) is 12.1 Å². The van der Waals surface area contributed by atoms with Gasteiger partial charge in [-0.25, -0.2) is 9.97 Å². The second-order valence-corrected chi connectivity index (χ2v) is 6.35. The smallest absolute Gasteiger partial charge is 0.258 e. The summed E-state index contributed by atoms with van der Waals surface area (Å²) in [7, 11) is 0. The number of hydrogen-bond donors (Lipinski definition) is 2. The Kier molecular flexibility index (Phi) is 4.85. The van der Waals surface area contributed by atoms with Crippen molar-refractivity contribution in [1.82, 2.24) is 9.97 Å². The standard InChI is InChI=1S/C16H13ClN4OS/c17-16-20-10-11(23-16)9-19-13-6-2-1-5-12(13)15(22)21-14-7-3-4-8-18-14/h1-8,10,19H,9H2,(H,18,21,22). The van der Waals surface area contributed by atoms with Crippen LogP contribution in [0.1, 0.15) is 15.2 Å². The zero-order chi connectivity index (χ0) is 16.1. The summed E-state index contributed by atoms with van der Waals surface area (Å²) in [5.41, 5.74) is 1.29. The first-order valence-corrected chi connectivity index (χ1v) is 8.07. The van der Waals surface area contributed by atoms with E-state index < -0.39 is 0 Å². The van der Waals surface area contributed by atoms with Crippen molar-refractivity contribution >= 4 is 40.4 Å². The minimum absolute atomic E-state index is 0.214. The van der Waals surface area contributed by atoms with Gasteiger partial charge in [0.1, 0.15) is 5.82 Å². The van der Waals surface area contributed by atoms with Crippen LogP contribution >= 0.6 is 22.9 Å². The maximum absolute atomic E-state index is 12.4. The molecule has 0 unspecified atom stereocenters. The van der Waals surface area contributed by atoms with Crippen molar-refractivity contribution in [3.8, 4) is 0 Å². The van der Waals surface area contributed by atoms with Gasteiger partial charge >= 0.3 is 0 Å². The minimum Gasteiger partial charge on any atom is -0.379 e. The van der Waals surface area contributed by atoms with Crippen LogP contribution in [0.25, 0.3) is 0 Å². The van der Waals surface area contributed by atoms with E-state index in [1.165, 1.54) is 11.3 Å². The van der Waals surface area contributed by atoms with E-state index in [0.717, 1.165) is 10.6 Å². The lowest BCUT2D eigenvalue weighted by Gasteiger charge is -2.11. The summed E-state index contributed by atoms with van der Waals surface area (Å²) < 4.78 is 0.503. The monoisotopic (exact) mass is 344 g/mol. The van der Waals surface area contributed by atoms with Crippen molar-refractivity contribution in [3.05, 3.63) is 69.8 Å². The Morgan fingerprint density at radius 2 is 1.96 bits per heavy atom. The van der Waals surface area contributed by atoms with Crippen LogP contribution < -0.4 is 10.6 Å². The number of hydrogen-bond acceptors (Lipinski definition) is 5. The van der Waals surface area contributed by atoms with Crippen LogP contribution in [-0.4, -0.2) is 15.9 Å². The lowest BCUT2D eigenvalue weighted by atomic mass is 10.1. The van der Waals surface area contributed by atoms with Crippen LogP contribution in [0.2, 0.25) is 4.47 Å². The van der Waals surface area contributed by atoms with Gasteiger partial charge in [0.25, 0.3) is 5.91 Å². The predicted octanol–water partition coefficient (Wildman–Crippen LogP) is 4.06. The first-order chi connectivity index (χ1) is 11.2. The van der Waals surface area contributed by atoms with Crippen molar-refractivity contribution in [2.75, 3.05) is 10.6 Å². The van der Waals surface area contributed by atoms with Crippen LogP contribution in [-0.2, 0) is 6.54 Å². The van der Waals surface area contributed by atoms with Gasteiger partial charge in [0.2, 0.25) is 0 Å². The molecule has 23 heavy (non-hydrogen) atoms. The van der Waals surface area contributed by atoms with Gasteiger partial charge in [-0.05, 0) is 24.3 Å². The normalized spacial score (nSPS) is 10.3. The fourth-order valence-corrected chi connectivity index (χ4v) is 2.92. The molecule has 0 aliphatic rings. The number of pyridine rings is 1. The average Bonchev–Trinajstić information content (AvgIpc) is 2.99. The molecule has 0 aliphatic carbocycles. The Hall–Kier alpha value is -2.44. The van der Waals surface area contributed by atoms with E-state index in [0.29, 0.717) is 22.4 Å². The molecule has 0 saturated carbocycles. The highest BCUT2D eigenvalue weighted by molar-refractivity contribution is 7.15. The van der Waals surface area contributed by atoms with Gasteiger partial charge in [-0.3, -0.25) is 4.79 Å². The van der Waals surface area contributed by atoms with E-state index >= 15 is 0 Å². The molecule has 0 radical (unpaired) electrons. The number of benzene rings is 1. The molecule has 3 rings (SSSR count). The fraction of sp³-hybridized carbons (Fsp3) is 0.0625. The minimum atomic E-state index is -0.214. The van der Waals surface area contributed by atoms with Crippen molar-refractivity contribution in [1.29, 1.82) is 0 Å². The molecule has 0 spiro atoms. The molecule has 7 heteroatoms. The molecular formula is C16H13ClN4OS. The van der Waals surface area contributed by atoms with E-state index in [-0.39, 0.29) is 5.91 Å². The number of carbonyl (C=O) groups is 1. The molecule has 116 valence electrons. The highest BCUT2D eigenvalue weighted by Crippen LogP contribution is 2.21. The van der Waals surface area contributed by atoms with Crippen LogP contribution in [0.3, 0.4) is 0 Å². The number of thiazole rings is 1. The fourth-order valence-electron chi connectivity index (χ4n) is 2.00. The third-order valence-corrected chi connectivity index (χ3v) is 4.17. The quantitative estimate of drug-likeness (QED) is 0.732. The molecule has 2 N–H and O–H groups in total. The summed E-state index contributed by atoms with van der Waals surface area (Å²) in [5.74, 6) is 0.302. The first-order valence-electron chi connectivity index (χ1n) is 6.88. The molecule has 5 nitrogen and oxygen atoms in total. The first kappa shape index (κ1) is 15.5. The number of para-hydroxylation sites is 1. The molecule has 1 amide bonds. The molecule has 3 aromatic rings. The molecule has 0 atom stereocenters. The predicted molar refractivity (Wildman–Crippen MR) is 93.1 cm³/mol. The number of nitrogens with zero attached hydrogens (tertiary/aromatic N) is 2. The maximum atomic E-state index is 12.4. The third kappa shape index (κ3) is 4.06. The second kappa shape index (κ2) is 7.21. The summed E-state index contributed by atoms with van der Waals surface area (Å²) >= 11 is 7.23. The van der Waals surface area contributed by atoms with E-state index in [1.807, 2.05) is 24.3 Å². The van der Waals surface area contributed by atoms with Crippen molar-refractivity contribution in [2.24, 2.45) is 0 Å². The molecule has 2 heterocycles. The maximum Gasteiger partial charge on any atom is 0.258 e. The van der Waals surface area contributed by atoms with Crippen LogP contribution in [0.4, 0.5) is 11.5 Å². The largest absolute Gasteiger partial charge is 0.379 e. The molecule has 0 bridgehead atoms. The number of carbonyl (C=O) groups excluding carboxylic acids is 1. The summed E-state index contributed by atoms with van der Waals surface area (Å²) in [6.45, 7) is 0.554. The highest BCUT2D eigenvalue weighted by atomic mass is 35.5. The van der Waals surface area contributed by atoms with Gasteiger partial charge in [-0.1, -0.05) is 29.8 Å². The number of amides is 1. The molecule has 0 fully saturated rings. The molecule has 0 aliphatic heterocycles. The van der Waals surface area contributed by atoms with Gasteiger partial charge in [0.15, 0.2) is 4.47 Å². The van der Waals surface area contributed by atoms with Crippen molar-refractivity contribution in [3.63, 3.8) is 0 Å². The van der Waals surface area contributed by atoms with Gasteiger partial charge in [0, 0.05) is 23.0 Å². The van der Waals surface area contributed by atoms with E-state index in [9.17, 15) is 4.79 Å². The Morgan fingerprint density at radius 3 is 2.70 bits per heavy atom. The Balaban J connectivity index is 1.73. The number of aromatic nitrogens is 2. The molecule has 2 aromatic heterocycles. The second-order valence-electron chi connectivity index (χ2n) is 4.65. The molecular weight excluding hydrogens is 332 g/mol. The average molecular weight is 345 g/mol. The summed E-state index contributed by atoms with van der Waals surface area (Å²) in [4.78, 5) is 21.5.